The van der Waals surface area contributed by atoms with Gasteiger partial charge in [0.15, 0.2) is 5.65 Å². The Labute approximate surface area is 181 Å². The van der Waals surface area contributed by atoms with E-state index in [-0.39, 0.29) is 11.5 Å². The SMILES string of the molecule is O=C(O)c1ccnc2[nH]c(-c3ccc(-c4[nH]c5cccc6c5c4CCNC6=O)cc3)nc12. The molecule has 156 valence electrons. The first-order valence-electron chi connectivity index (χ1n) is 10.2. The van der Waals surface area contributed by atoms with Crippen LogP contribution < -0.4 is 5.32 Å². The molecule has 1 aliphatic heterocycles. The fraction of sp³-hybridized carbons (Fsp3) is 0.0833. The summed E-state index contributed by atoms with van der Waals surface area (Å²) in [6.45, 7) is 0.587. The first-order valence-corrected chi connectivity index (χ1v) is 10.2. The number of carboxylic acid groups (broad SMARTS) is 1. The molecule has 1 amide bonds. The number of carboxylic acids is 1. The summed E-state index contributed by atoms with van der Waals surface area (Å²) < 4.78 is 0. The van der Waals surface area contributed by atoms with Crippen LogP contribution in [0.5, 0.6) is 0 Å². The number of nitrogens with zero attached hydrogens (tertiary/aromatic N) is 2. The van der Waals surface area contributed by atoms with Crippen molar-refractivity contribution in [3.8, 4) is 22.6 Å². The zero-order valence-corrected chi connectivity index (χ0v) is 16.8. The number of carbonyl (C=O) groups is 2. The van der Waals surface area contributed by atoms with Crippen molar-refractivity contribution in [2.75, 3.05) is 6.54 Å². The highest BCUT2D eigenvalue weighted by molar-refractivity contribution is 6.10. The summed E-state index contributed by atoms with van der Waals surface area (Å²) >= 11 is 0. The van der Waals surface area contributed by atoms with Crippen LogP contribution in [0.15, 0.2) is 54.7 Å². The second-order valence-corrected chi connectivity index (χ2v) is 7.74. The van der Waals surface area contributed by atoms with E-state index in [1.807, 2.05) is 42.5 Å². The van der Waals surface area contributed by atoms with Gasteiger partial charge in [-0.2, -0.15) is 0 Å². The number of nitrogens with one attached hydrogen (secondary N) is 3. The van der Waals surface area contributed by atoms with Crippen LogP contribution in [-0.4, -0.2) is 43.5 Å². The number of aromatic nitrogens is 4. The number of hydrogen-bond acceptors (Lipinski definition) is 4. The van der Waals surface area contributed by atoms with E-state index in [0.717, 1.165) is 39.7 Å². The molecule has 0 radical (unpaired) electrons. The fourth-order valence-corrected chi connectivity index (χ4v) is 4.41. The highest BCUT2D eigenvalue weighted by Crippen LogP contribution is 2.35. The molecule has 0 aliphatic carbocycles. The Balaban J connectivity index is 1.44. The number of fused-ring (bicyclic) bond motifs is 1. The van der Waals surface area contributed by atoms with Crippen molar-refractivity contribution in [3.63, 3.8) is 0 Å². The third-order valence-electron chi connectivity index (χ3n) is 5.89. The minimum atomic E-state index is -1.04. The molecule has 0 saturated heterocycles. The van der Waals surface area contributed by atoms with E-state index in [9.17, 15) is 14.7 Å². The maximum Gasteiger partial charge on any atom is 0.338 e. The van der Waals surface area contributed by atoms with Gasteiger partial charge in [-0.25, -0.2) is 14.8 Å². The molecule has 6 rings (SSSR count). The monoisotopic (exact) mass is 423 g/mol. The Morgan fingerprint density at radius 3 is 2.62 bits per heavy atom. The lowest BCUT2D eigenvalue weighted by molar-refractivity contribution is 0.0698. The minimum absolute atomic E-state index is 0.0468. The van der Waals surface area contributed by atoms with E-state index in [0.29, 0.717) is 29.1 Å². The van der Waals surface area contributed by atoms with E-state index in [4.69, 9.17) is 0 Å². The van der Waals surface area contributed by atoms with Crippen LogP contribution in [0.4, 0.5) is 0 Å². The summed E-state index contributed by atoms with van der Waals surface area (Å²) in [4.78, 5) is 39.1. The summed E-state index contributed by atoms with van der Waals surface area (Å²) in [7, 11) is 0. The Morgan fingerprint density at radius 1 is 1.00 bits per heavy atom. The van der Waals surface area contributed by atoms with Crippen molar-refractivity contribution in [2.45, 2.75) is 6.42 Å². The first-order chi connectivity index (χ1) is 15.6. The number of amides is 1. The van der Waals surface area contributed by atoms with Gasteiger partial charge in [0.25, 0.3) is 5.91 Å². The van der Waals surface area contributed by atoms with Crippen molar-refractivity contribution in [1.82, 2.24) is 25.3 Å². The number of pyridine rings is 1. The fourth-order valence-electron chi connectivity index (χ4n) is 4.41. The molecule has 3 aromatic heterocycles. The molecule has 2 aromatic carbocycles. The Hall–Kier alpha value is -4.46. The largest absolute Gasteiger partial charge is 0.478 e. The van der Waals surface area contributed by atoms with Crippen molar-refractivity contribution in [1.29, 1.82) is 0 Å². The summed E-state index contributed by atoms with van der Waals surface area (Å²) in [5.74, 6) is -0.532. The standard InChI is InChI=1S/C24H17N5O3/c30-23-15-2-1-3-17-18(15)14(8-11-26-23)19(27-17)12-4-6-13(7-5-12)21-28-20-16(24(31)32)9-10-25-22(20)29-21/h1-7,9-10,27H,8,11H2,(H,26,30)(H,31,32)(H,25,28,29). The number of aromatic amines is 2. The lowest BCUT2D eigenvalue weighted by Gasteiger charge is -2.05. The summed E-state index contributed by atoms with van der Waals surface area (Å²) in [5.41, 5.74) is 6.46. The molecule has 8 nitrogen and oxygen atoms in total. The molecule has 0 saturated carbocycles. The Morgan fingerprint density at radius 2 is 1.81 bits per heavy atom. The number of hydrogen-bond donors (Lipinski definition) is 4. The molecule has 5 aromatic rings. The maximum atomic E-state index is 12.4. The number of imidazole rings is 1. The molecule has 0 bridgehead atoms. The second kappa shape index (κ2) is 6.78. The van der Waals surface area contributed by atoms with Crippen LogP contribution in [0.3, 0.4) is 0 Å². The number of rotatable bonds is 3. The van der Waals surface area contributed by atoms with Gasteiger partial charge in [-0.3, -0.25) is 4.79 Å². The summed E-state index contributed by atoms with van der Waals surface area (Å²) in [6, 6.07) is 15.0. The second-order valence-electron chi connectivity index (χ2n) is 7.74. The normalized spacial score (nSPS) is 13.3. The van der Waals surface area contributed by atoms with Gasteiger partial charge in [-0.05, 0) is 35.7 Å². The third-order valence-corrected chi connectivity index (χ3v) is 5.89. The molecule has 8 heteroatoms. The van der Waals surface area contributed by atoms with Gasteiger partial charge in [0.2, 0.25) is 0 Å². The van der Waals surface area contributed by atoms with Gasteiger partial charge in [0, 0.05) is 40.5 Å². The highest BCUT2D eigenvalue weighted by Gasteiger charge is 2.22. The van der Waals surface area contributed by atoms with Gasteiger partial charge < -0.3 is 20.4 Å². The van der Waals surface area contributed by atoms with E-state index in [1.165, 1.54) is 12.3 Å². The average molecular weight is 423 g/mol. The van der Waals surface area contributed by atoms with Crippen LogP contribution in [0, 0.1) is 0 Å². The van der Waals surface area contributed by atoms with Gasteiger partial charge in [0.1, 0.15) is 11.3 Å². The van der Waals surface area contributed by atoms with E-state index in [1.54, 1.807) is 0 Å². The lowest BCUT2D eigenvalue weighted by Crippen LogP contribution is -2.23. The lowest BCUT2D eigenvalue weighted by atomic mass is 10.00. The maximum absolute atomic E-state index is 12.4. The molecule has 0 unspecified atom stereocenters. The summed E-state index contributed by atoms with van der Waals surface area (Å²) in [6.07, 6.45) is 2.20. The predicted molar refractivity (Wildman–Crippen MR) is 120 cm³/mol. The van der Waals surface area contributed by atoms with Crippen molar-refractivity contribution >= 4 is 33.9 Å². The van der Waals surface area contributed by atoms with Crippen LogP contribution in [0.1, 0.15) is 26.3 Å². The molecule has 4 heterocycles. The van der Waals surface area contributed by atoms with E-state index < -0.39 is 5.97 Å². The quantitative estimate of drug-likeness (QED) is 0.352. The number of H-pyrrole nitrogens is 2. The van der Waals surface area contributed by atoms with Crippen LogP contribution >= 0.6 is 0 Å². The van der Waals surface area contributed by atoms with Gasteiger partial charge in [0.05, 0.1) is 5.56 Å². The molecule has 0 fully saturated rings. The van der Waals surface area contributed by atoms with Crippen LogP contribution in [-0.2, 0) is 6.42 Å². The smallest absolute Gasteiger partial charge is 0.338 e. The molecular weight excluding hydrogens is 406 g/mol. The first kappa shape index (κ1) is 18.3. The Kier molecular flexibility index (Phi) is 3.88. The average Bonchev–Trinajstić information content (AvgIpc) is 3.36. The van der Waals surface area contributed by atoms with Crippen LogP contribution in [0.25, 0.3) is 44.7 Å². The molecule has 1 aliphatic rings. The molecule has 4 N–H and O–H groups in total. The predicted octanol–water partition coefficient (Wildman–Crippen LogP) is 3.76. The number of carbonyl (C=O) groups excluding carboxylic acids is 1. The zero-order valence-electron chi connectivity index (χ0n) is 16.8. The molecular formula is C24H17N5O3. The molecule has 0 atom stereocenters. The van der Waals surface area contributed by atoms with Crippen molar-refractivity contribution in [3.05, 3.63) is 71.4 Å². The topological polar surface area (TPSA) is 124 Å². The highest BCUT2D eigenvalue weighted by atomic mass is 16.4. The number of benzene rings is 2. The van der Waals surface area contributed by atoms with Crippen molar-refractivity contribution < 1.29 is 14.7 Å². The zero-order chi connectivity index (χ0) is 21.8. The summed E-state index contributed by atoms with van der Waals surface area (Å²) in [5, 5.41) is 13.3. The molecule has 0 spiro atoms. The van der Waals surface area contributed by atoms with Gasteiger partial charge in [-0.15, -0.1) is 0 Å². The van der Waals surface area contributed by atoms with E-state index >= 15 is 0 Å². The third kappa shape index (κ3) is 2.70. The van der Waals surface area contributed by atoms with Gasteiger partial charge >= 0.3 is 5.97 Å². The van der Waals surface area contributed by atoms with Gasteiger partial charge in [-0.1, -0.05) is 30.3 Å². The molecule has 32 heavy (non-hydrogen) atoms. The van der Waals surface area contributed by atoms with Crippen molar-refractivity contribution in [2.24, 2.45) is 0 Å². The van der Waals surface area contributed by atoms with E-state index in [2.05, 4.69) is 25.3 Å². The minimum Gasteiger partial charge on any atom is -0.478 e. The number of aromatic carboxylic acids is 1. The Bertz CT molecular complexity index is 1550. The van der Waals surface area contributed by atoms with Crippen LogP contribution in [0.2, 0.25) is 0 Å².